The Labute approximate surface area is 345 Å². The predicted molar refractivity (Wildman–Crippen MR) is 219 cm³/mol. The van der Waals surface area contributed by atoms with Crippen molar-refractivity contribution in [1.29, 1.82) is 0 Å². The third-order valence-electron chi connectivity index (χ3n) is 12.4. The molecule has 12 nitrogen and oxygen atoms in total. The molecule has 2 aliphatic carbocycles. The largest absolute Gasteiger partial charge is 0.514 e. The highest BCUT2D eigenvalue weighted by Crippen LogP contribution is 2.65. The van der Waals surface area contributed by atoms with Crippen molar-refractivity contribution in [2.75, 3.05) is 13.6 Å². The highest BCUT2D eigenvalue weighted by molar-refractivity contribution is 5.83. The Morgan fingerprint density at radius 2 is 1.43 bits per heavy atom. The van der Waals surface area contributed by atoms with Crippen LogP contribution in [0.2, 0.25) is 0 Å². The van der Waals surface area contributed by atoms with E-state index < -0.39 is 59.0 Å². The SMILES string of the molecule is CCCCCCCCCCCCCCCCCC(=O)OC(C)C(=O)OC(C)C(=O)OC1=CC[C@@]2(O)[C@H]3Cc4ccc(OC(=O)OC(C)(C)C)c5c4[C@@]2(CCN3C)[C@H]1O5. The molecule has 324 valence electrons. The van der Waals surface area contributed by atoms with Gasteiger partial charge in [0.05, 0.1) is 11.0 Å². The fourth-order valence-corrected chi connectivity index (χ4v) is 9.33. The number of ether oxygens (including phenoxy) is 6. The zero-order valence-corrected chi connectivity index (χ0v) is 36.2. The number of benzene rings is 1. The normalized spacial score (nSPS) is 24.1. The highest BCUT2D eigenvalue weighted by atomic mass is 16.7. The molecular weight excluding hydrogens is 743 g/mol. The van der Waals surface area contributed by atoms with Crippen molar-refractivity contribution >= 4 is 24.1 Å². The zero-order chi connectivity index (χ0) is 42.1. The van der Waals surface area contributed by atoms with E-state index >= 15 is 0 Å². The number of nitrogens with zero attached hydrogens (tertiary/aromatic N) is 1. The quantitative estimate of drug-likeness (QED) is 0.0516. The van der Waals surface area contributed by atoms with Crippen molar-refractivity contribution in [2.45, 2.75) is 205 Å². The fraction of sp³-hybridized carbons (Fsp3) is 0.739. The van der Waals surface area contributed by atoms with Crippen LogP contribution in [0, 0.1) is 0 Å². The van der Waals surface area contributed by atoms with Crippen LogP contribution in [0.3, 0.4) is 0 Å². The molecule has 0 saturated carbocycles. The minimum absolute atomic E-state index is 0.146. The lowest BCUT2D eigenvalue weighted by Crippen LogP contribution is -2.74. The maximum absolute atomic E-state index is 13.5. The van der Waals surface area contributed by atoms with Gasteiger partial charge < -0.3 is 38.4 Å². The summed E-state index contributed by atoms with van der Waals surface area (Å²) < 4.78 is 34.3. The Balaban J connectivity index is 1.08. The topological polar surface area (TPSA) is 147 Å². The van der Waals surface area contributed by atoms with Crippen LogP contribution < -0.4 is 9.47 Å². The van der Waals surface area contributed by atoms with Crippen molar-refractivity contribution in [3.05, 3.63) is 35.1 Å². The molecule has 0 amide bonds. The van der Waals surface area contributed by atoms with E-state index in [1.807, 2.05) is 13.1 Å². The Morgan fingerprint density at radius 1 is 0.845 bits per heavy atom. The van der Waals surface area contributed by atoms with Gasteiger partial charge in [-0.25, -0.2) is 14.4 Å². The molecule has 1 N–H and O–H groups in total. The molecule has 1 spiro atoms. The summed E-state index contributed by atoms with van der Waals surface area (Å²) in [5, 5.41) is 12.5. The molecule has 4 aliphatic rings. The van der Waals surface area contributed by atoms with Crippen LogP contribution in [0.15, 0.2) is 24.0 Å². The summed E-state index contributed by atoms with van der Waals surface area (Å²) >= 11 is 0. The Hall–Kier alpha value is -3.64. The third kappa shape index (κ3) is 10.6. The average molecular weight is 812 g/mol. The van der Waals surface area contributed by atoms with Crippen LogP contribution in [0.1, 0.15) is 168 Å². The van der Waals surface area contributed by atoms with Gasteiger partial charge in [-0.05, 0) is 85.2 Å². The molecule has 0 aromatic heterocycles. The van der Waals surface area contributed by atoms with E-state index in [1.165, 1.54) is 84.5 Å². The molecule has 2 aliphatic heterocycles. The van der Waals surface area contributed by atoms with Crippen molar-refractivity contribution in [3.63, 3.8) is 0 Å². The summed E-state index contributed by atoms with van der Waals surface area (Å²) in [6.45, 7) is 10.9. The Kier molecular flexibility index (Phi) is 15.7. The van der Waals surface area contributed by atoms with Gasteiger partial charge in [0.25, 0.3) is 0 Å². The van der Waals surface area contributed by atoms with Gasteiger partial charge in [-0.1, -0.05) is 103 Å². The molecule has 1 aromatic carbocycles. The molecule has 1 fully saturated rings. The van der Waals surface area contributed by atoms with Crippen LogP contribution in [0.5, 0.6) is 11.5 Å². The first-order chi connectivity index (χ1) is 27.6. The van der Waals surface area contributed by atoms with Gasteiger partial charge in [0.2, 0.25) is 0 Å². The molecule has 1 aromatic rings. The van der Waals surface area contributed by atoms with Crippen LogP contribution in [0.4, 0.5) is 4.79 Å². The lowest BCUT2D eigenvalue weighted by atomic mass is 9.50. The van der Waals surface area contributed by atoms with E-state index in [0.29, 0.717) is 31.6 Å². The summed E-state index contributed by atoms with van der Waals surface area (Å²) in [6, 6.07) is 3.32. The van der Waals surface area contributed by atoms with Gasteiger partial charge in [-0.15, -0.1) is 0 Å². The van der Waals surface area contributed by atoms with Gasteiger partial charge in [0.1, 0.15) is 11.4 Å². The number of likely N-dealkylation sites (tertiary alicyclic amines) is 1. The van der Waals surface area contributed by atoms with Gasteiger partial charge in [0, 0.05) is 24.4 Å². The van der Waals surface area contributed by atoms with Crippen LogP contribution in [-0.2, 0) is 45.2 Å². The number of carbonyl (C=O) groups excluding carboxylic acids is 4. The van der Waals surface area contributed by atoms with E-state index in [2.05, 4.69) is 11.8 Å². The molecule has 2 heterocycles. The first kappa shape index (κ1) is 45.4. The van der Waals surface area contributed by atoms with Crippen molar-refractivity contribution in [1.82, 2.24) is 4.90 Å². The molecular formula is C46H69NO11. The highest BCUT2D eigenvalue weighted by Gasteiger charge is 2.72. The summed E-state index contributed by atoms with van der Waals surface area (Å²) in [5.41, 5.74) is -1.36. The number of rotatable bonds is 22. The van der Waals surface area contributed by atoms with E-state index in [0.717, 1.165) is 30.4 Å². The first-order valence-corrected chi connectivity index (χ1v) is 22.1. The number of hydrogen-bond donors (Lipinski definition) is 1. The molecule has 2 unspecified atom stereocenters. The number of carbonyl (C=O) groups is 4. The maximum Gasteiger partial charge on any atom is 0.514 e. The van der Waals surface area contributed by atoms with Crippen LogP contribution in [0.25, 0.3) is 0 Å². The molecule has 5 rings (SSSR count). The van der Waals surface area contributed by atoms with Crippen LogP contribution in [-0.4, -0.2) is 83.2 Å². The summed E-state index contributed by atoms with van der Waals surface area (Å²) in [5.74, 6) is -1.56. The van der Waals surface area contributed by atoms with Crippen molar-refractivity contribution in [3.8, 4) is 11.5 Å². The average Bonchev–Trinajstić information content (AvgIpc) is 3.52. The van der Waals surface area contributed by atoms with Gasteiger partial charge >= 0.3 is 24.1 Å². The molecule has 0 radical (unpaired) electrons. The second-order valence-corrected chi connectivity index (χ2v) is 18.0. The number of likely N-dealkylation sites (N-methyl/N-ethyl adjacent to an activating group) is 1. The number of aliphatic hydroxyl groups is 1. The fourth-order valence-electron chi connectivity index (χ4n) is 9.33. The first-order valence-electron chi connectivity index (χ1n) is 22.1. The zero-order valence-electron chi connectivity index (χ0n) is 36.2. The lowest BCUT2D eigenvalue weighted by molar-refractivity contribution is -0.180. The van der Waals surface area contributed by atoms with Gasteiger partial charge in [0.15, 0.2) is 29.8 Å². The monoisotopic (exact) mass is 811 g/mol. The van der Waals surface area contributed by atoms with Gasteiger partial charge in [-0.2, -0.15) is 0 Å². The third-order valence-corrected chi connectivity index (χ3v) is 12.4. The Bertz CT molecular complexity index is 1630. The van der Waals surface area contributed by atoms with E-state index in [-0.39, 0.29) is 30.4 Å². The summed E-state index contributed by atoms with van der Waals surface area (Å²) in [4.78, 5) is 53.8. The molecule has 2 bridgehead atoms. The molecule has 1 saturated heterocycles. The van der Waals surface area contributed by atoms with Crippen molar-refractivity contribution in [2.24, 2.45) is 0 Å². The van der Waals surface area contributed by atoms with E-state index in [9.17, 15) is 24.3 Å². The minimum atomic E-state index is -1.33. The van der Waals surface area contributed by atoms with Crippen LogP contribution >= 0.6 is 0 Å². The standard InChI is InChI=1S/C46H69NO11/c1-8-9-10-11-12-13-14-15-16-17-18-19-20-21-22-23-37(48)53-31(2)41(49)54-32(3)42(50)55-35-26-27-46(52)36-30-33-24-25-34(56-43(51)58-44(4,5)6)39-38(33)45(46,40(35)57-39)28-29-47(36)7/h24-26,31-32,36,40,52H,8-23,27-30H2,1-7H3/t31?,32?,36-,40+,45+,46-/m1/s1. The smallest absolute Gasteiger partial charge is 0.477 e. The molecule has 58 heavy (non-hydrogen) atoms. The minimum Gasteiger partial charge on any atom is -0.477 e. The second kappa shape index (κ2) is 20.1. The lowest BCUT2D eigenvalue weighted by Gasteiger charge is -2.61. The van der Waals surface area contributed by atoms with E-state index in [4.69, 9.17) is 28.4 Å². The maximum atomic E-state index is 13.5. The number of unbranched alkanes of at least 4 members (excludes halogenated alkanes) is 14. The van der Waals surface area contributed by atoms with E-state index in [1.54, 1.807) is 32.9 Å². The second-order valence-electron chi connectivity index (χ2n) is 18.0. The predicted octanol–water partition coefficient (Wildman–Crippen LogP) is 8.95. The summed E-state index contributed by atoms with van der Waals surface area (Å²) in [7, 11) is 1.99. The van der Waals surface area contributed by atoms with Crippen molar-refractivity contribution < 1.29 is 52.7 Å². The number of esters is 3. The van der Waals surface area contributed by atoms with Gasteiger partial charge in [-0.3, -0.25) is 4.79 Å². The number of hydrogen-bond acceptors (Lipinski definition) is 12. The number of piperidine rings is 1. The summed E-state index contributed by atoms with van der Waals surface area (Å²) in [6.07, 6.45) is 17.2. The Morgan fingerprint density at radius 3 is 2.03 bits per heavy atom. The molecule has 12 heteroatoms. The molecule has 6 atom stereocenters.